The van der Waals surface area contributed by atoms with Crippen LogP contribution in [0.2, 0.25) is 0 Å². The number of hydrogen-bond acceptors (Lipinski definition) is 3. The van der Waals surface area contributed by atoms with Crippen molar-refractivity contribution in [1.29, 1.82) is 0 Å². The van der Waals surface area contributed by atoms with Crippen LogP contribution in [0.15, 0.2) is 30.3 Å². The lowest BCUT2D eigenvalue weighted by Gasteiger charge is -2.16. The molecule has 114 valence electrons. The second-order valence-corrected chi connectivity index (χ2v) is 5.44. The molecule has 1 aromatic rings. The zero-order chi connectivity index (χ0) is 15.3. The minimum Gasteiger partial charge on any atom is -0.481 e. The molecule has 2 atom stereocenters. The van der Waals surface area contributed by atoms with Crippen molar-refractivity contribution in [2.75, 3.05) is 19.7 Å². The number of carboxylic acids is 1. The van der Waals surface area contributed by atoms with Gasteiger partial charge in [-0.3, -0.25) is 4.79 Å². The largest absolute Gasteiger partial charge is 0.481 e. The van der Waals surface area contributed by atoms with E-state index < -0.39 is 12.0 Å². The molecule has 0 aromatic heterocycles. The van der Waals surface area contributed by atoms with Crippen LogP contribution in [0, 0.1) is 5.41 Å². The van der Waals surface area contributed by atoms with Gasteiger partial charge in [0.2, 0.25) is 0 Å². The van der Waals surface area contributed by atoms with Gasteiger partial charge in [-0.15, -0.1) is 0 Å². The molecule has 2 rings (SSSR count). The maximum Gasteiger partial charge on any atom is 0.314 e. The third kappa shape index (κ3) is 3.95. The van der Waals surface area contributed by atoms with Crippen molar-refractivity contribution in [2.45, 2.75) is 18.8 Å². The van der Waals surface area contributed by atoms with Crippen molar-refractivity contribution in [1.82, 2.24) is 10.6 Å². The van der Waals surface area contributed by atoms with E-state index in [1.54, 1.807) is 0 Å². The van der Waals surface area contributed by atoms with Crippen LogP contribution >= 0.6 is 0 Å². The molecule has 6 nitrogen and oxygen atoms in total. The topological polar surface area (TPSA) is 98.7 Å². The van der Waals surface area contributed by atoms with Crippen molar-refractivity contribution in [3.63, 3.8) is 0 Å². The van der Waals surface area contributed by atoms with E-state index >= 15 is 0 Å². The maximum absolute atomic E-state index is 11.6. The van der Waals surface area contributed by atoms with Gasteiger partial charge >= 0.3 is 12.0 Å². The fraction of sp³-hybridized carbons (Fsp3) is 0.467. The second kappa shape index (κ2) is 6.58. The molecule has 0 spiro atoms. The summed E-state index contributed by atoms with van der Waals surface area (Å²) < 4.78 is 0. The van der Waals surface area contributed by atoms with Gasteiger partial charge in [0, 0.05) is 18.5 Å². The van der Waals surface area contributed by atoms with Crippen LogP contribution in [0.1, 0.15) is 24.3 Å². The first-order valence-electron chi connectivity index (χ1n) is 6.97. The Balaban J connectivity index is 1.79. The second-order valence-electron chi connectivity index (χ2n) is 5.44. The molecule has 2 amide bonds. The number of urea groups is 1. The zero-order valence-corrected chi connectivity index (χ0v) is 11.7. The minimum atomic E-state index is -0.950. The fourth-order valence-electron chi connectivity index (χ4n) is 2.53. The van der Waals surface area contributed by atoms with Crippen LogP contribution in [0.3, 0.4) is 0 Å². The van der Waals surface area contributed by atoms with Crippen molar-refractivity contribution in [2.24, 2.45) is 5.41 Å². The van der Waals surface area contributed by atoms with Gasteiger partial charge < -0.3 is 20.8 Å². The average Bonchev–Trinajstić information content (AvgIpc) is 3.21. The molecule has 1 saturated carbocycles. The molecule has 0 heterocycles. The smallest absolute Gasteiger partial charge is 0.314 e. The highest BCUT2D eigenvalue weighted by Gasteiger charge is 2.54. The number of aliphatic hydroxyl groups is 1. The number of carboxylic acid groups (broad SMARTS) is 1. The first kappa shape index (κ1) is 15.3. The Bertz CT molecular complexity index is 506. The van der Waals surface area contributed by atoms with Gasteiger partial charge in [0.15, 0.2) is 0 Å². The third-order valence-corrected chi connectivity index (χ3v) is 3.93. The molecule has 0 radical (unpaired) electrons. The minimum absolute atomic E-state index is 0.0158. The summed E-state index contributed by atoms with van der Waals surface area (Å²) in [6.45, 7) is 0.485. The molecule has 1 aliphatic rings. The Morgan fingerprint density at radius 1 is 1.24 bits per heavy atom. The van der Waals surface area contributed by atoms with Crippen molar-refractivity contribution in [3.05, 3.63) is 35.9 Å². The van der Waals surface area contributed by atoms with E-state index in [4.69, 9.17) is 5.11 Å². The number of rotatable bonds is 7. The van der Waals surface area contributed by atoms with Gasteiger partial charge in [-0.05, 0) is 17.9 Å². The van der Waals surface area contributed by atoms with Crippen molar-refractivity contribution in [3.8, 4) is 0 Å². The third-order valence-electron chi connectivity index (χ3n) is 3.93. The molecular weight excluding hydrogens is 272 g/mol. The number of benzene rings is 1. The highest BCUT2D eigenvalue weighted by molar-refractivity contribution is 5.75. The summed E-state index contributed by atoms with van der Waals surface area (Å²) in [6.07, 6.45) is 0.730. The Morgan fingerprint density at radius 3 is 2.57 bits per heavy atom. The molecule has 4 N–H and O–H groups in total. The van der Waals surface area contributed by atoms with Crippen LogP contribution in [0.25, 0.3) is 0 Å². The van der Waals surface area contributed by atoms with Gasteiger partial charge in [-0.1, -0.05) is 30.3 Å². The number of nitrogens with one attached hydrogen (secondary N) is 2. The lowest BCUT2D eigenvalue weighted by Crippen LogP contribution is -2.40. The van der Waals surface area contributed by atoms with E-state index in [-0.39, 0.29) is 30.9 Å². The number of aliphatic carboxylic acids is 1. The standard InChI is InChI=1S/C15H20N2O4/c18-10-15(8-12(15)11-4-2-1-3-5-11)9-17-14(21)16-7-6-13(19)20/h1-5,12,18H,6-10H2,(H,19,20)(H2,16,17,21). The summed E-state index contributed by atoms with van der Waals surface area (Å²) in [5.74, 6) is -0.698. The molecule has 6 heteroatoms. The van der Waals surface area contributed by atoms with Gasteiger partial charge in [0.25, 0.3) is 0 Å². The number of hydrogen-bond donors (Lipinski definition) is 4. The Hall–Kier alpha value is -2.08. The molecule has 1 fully saturated rings. The Kier molecular flexibility index (Phi) is 4.80. The fourth-order valence-corrected chi connectivity index (χ4v) is 2.53. The molecule has 0 aliphatic heterocycles. The van der Waals surface area contributed by atoms with E-state index in [0.29, 0.717) is 6.54 Å². The lowest BCUT2D eigenvalue weighted by molar-refractivity contribution is -0.136. The summed E-state index contributed by atoms with van der Waals surface area (Å²) in [4.78, 5) is 21.9. The lowest BCUT2D eigenvalue weighted by atomic mass is 10.00. The summed E-state index contributed by atoms with van der Waals surface area (Å²) in [5.41, 5.74) is 0.866. The quantitative estimate of drug-likeness (QED) is 0.600. The highest BCUT2D eigenvalue weighted by atomic mass is 16.4. The molecule has 1 aliphatic carbocycles. The highest BCUT2D eigenvalue weighted by Crippen LogP contribution is 2.58. The number of amides is 2. The number of aliphatic hydroxyl groups excluding tert-OH is 1. The molecule has 0 saturated heterocycles. The van der Waals surface area contributed by atoms with E-state index in [2.05, 4.69) is 10.6 Å². The van der Waals surface area contributed by atoms with Gasteiger partial charge in [0.05, 0.1) is 13.0 Å². The zero-order valence-electron chi connectivity index (χ0n) is 11.7. The van der Waals surface area contributed by atoms with E-state index in [9.17, 15) is 14.7 Å². The molecule has 2 unspecified atom stereocenters. The predicted octanol–water partition coefficient (Wildman–Crippen LogP) is 0.927. The summed E-state index contributed by atoms with van der Waals surface area (Å²) in [5, 5.41) is 23.3. The normalized spacial score (nSPS) is 23.4. The van der Waals surface area contributed by atoms with Crippen LogP contribution < -0.4 is 10.6 Å². The monoisotopic (exact) mass is 292 g/mol. The summed E-state index contributed by atoms with van der Waals surface area (Å²) in [7, 11) is 0. The van der Waals surface area contributed by atoms with Crippen molar-refractivity contribution < 1.29 is 19.8 Å². The van der Waals surface area contributed by atoms with Crippen LogP contribution in [-0.2, 0) is 4.79 Å². The molecular formula is C15H20N2O4. The van der Waals surface area contributed by atoms with Gasteiger partial charge in [0.1, 0.15) is 0 Å². The molecule has 1 aromatic carbocycles. The Morgan fingerprint density at radius 2 is 1.95 bits per heavy atom. The van der Waals surface area contributed by atoms with E-state index in [1.807, 2.05) is 30.3 Å². The first-order valence-corrected chi connectivity index (χ1v) is 6.97. The Labute approximate surface area is 123 Å². The summed E-state index contributed by atoms with van der Waals surface area (Å²) in [6, 6.07) is 9.51. The van der Waals surface area contributed by atoms with E-state index in [0.717, 1.165) is 6.42 Å². The van der Waals surface area contributed by atoms with Crippen LogP contribution in [0.5, 0.6) is 0 Å². The van der Waals surface area contributed by atoms with Gasteiger partial charge in [-0.25, -0.2) is 4.79 Å². The predicted molar refractivity (Wildman–Crippen MR) is 77.0 cm³/mol. The van der Waals surface area contributed by atoms with Crippen LogP contribution in [0.4, 0.5) is 4.79 Å². The number of carbonyl (C=O) groups is 2. The van der Waals surface area contributed by atoms with Gasteiger partial charge in [-0.2, -0.15) is 0 Å². The first-order chi connectivity index (χ1) is 10.1. The summed E-state index contributed by atoms with van der Waals surface area (Å²) >= 11 is 0. The maximum atomic E-state index is 11.6. The van der Waals surface area contributed by atoms with E-state index in [1.165, 1.54) is 5.56 Å². The van der Waals surface area contributed by atoms with Crippen molar-refractivity contribution >= 4 is 12.0 Å². The number of carbonyl (C=O) groups excluding carboxylic acids is 1. The van der Waals surface area contributed by atoms with Crippen LogP contribution in [-0.4, -0.2) is 41.9 Å². The molecule has 0 bridgehead atoms. The average molecular weight is 292 g/mol. The SMILES string of the molecule is O=C(O)CCNC(=O)NCC1(CO)CC1c1ccccc1. The molecule has 21 heavy (non-hydrogen) atoms.